The summed E-state index contributed by atoms with van der Waals surface area (Å²) in [6.45, 7) is 1.82. The van der Waals surface area contributed by atoms with Crippen LogP contribution in [-0.4, -0.2) is 28.6 Å². The molecule has 1 heterocycles. The highest BCUT2D eigenvalue weighted by Crippen LogP contribution is 2.34. The van der Waals surface area contributed by atoms with Crippen molar-refractivity contribution in [1.29, 1.82) is 0 Å². The van der Waals surface area contributed by atoms with Crippen molar-refractivity contribution in [3.05, 3.63) is 98.4 Å². The molecule has 1 N–H and O–H groups in total. The number of hydrogen-bond donors (Lipinski definition) is 1. The molecule has 0 saturated carbocycles. The molecule has 0 aromatic heterocycles. The molecule has 4 rings (SSSR count). The van der Waals surface area contributed by atoms with Gasteiger partial charge in [0.15, 0.2) is 6.61 Å². The van der Waals surface area contributed by atoms with Gasteiger partial charge in [0, 0.05) is 15.7 Å². The normalized spacial score (nSPS) is 14.5. The zero-order chi connectivity index (χ0) is 24.9. The molecule has 178 valence electrons. The Bertz CT molecular complexity index is 1330. The van der Waals surface area contributed by atoms with E-state index in [1.165, 1.54) is 4.90 Å². The molecule has 1 saturated heterocycles. The molecule has 0 spiro atoms. The van der Waals surface area contributed by atoms with Crippen molar-refractivity contribution in [3.8, 4) is 5.75 Å². The van der Waals surface area contributed by atoms with Crippen molar-refractivity contribution in [2.24, 2.45) is 0 Å². The number of carbonyl (C=O) groups is 3. The molecule has 1 aliphatic rings. The van der Waals surface area contributed by atoms with Crippen LogP contribution in [0.15, 0.2) is 71.6 Å². The van der Waals surface area contributed by atoms with E-state index < -0.39 is 0 Å². The van der Waals surface area contributed by atoms with E-state index in [1.54, 1.807) is 60.7 Å². The number of nitrogens with one attached hydrogen (secondary N) is 1. The van der Waals surface area contributed by atoms with E-state index in [9.17, 15) is 14.4 Å². The number of ether oxygens (including phenoxy) is 1. The van der Waals surface area contributed by atoms with Crippen LogP contribution in [0.1, 0.15) is 16.7 Å². The fourth-order valence-corrected chi connectivity index (χ4v) is 4.48. The van der Waals surface area contributed by atoms with Crippen LogP contribution in [0.2, 0.25) is 10.0 Å². The van der Waals surface area contributed by atoms with E-state index in [2.05, 4.69) is 5.32 Å². The maximum absolute atomic E-state index is 12.8. The van der Waals surface area contributed by atoms with Gasteiger partial charge in [-0.15, -0.1) is 0 Å². The standard InChI is InChI=1S/C26H20Cl2N2O4S/c1-16-6-9-19(13-22(16)28)29-24(31)15-34-20-10-7-17(8-11-20)12-23-25(32)30(26(33)35-23)14-18-4-2-3-5-21(18)27/h2-13H,14-15H2,1H3,(H,29,31)/b23-12-. The summed E-state index contributed by atoms with van der Waals surface area (Å²) < 4.78 is 5.54. The number of amides is 3. The Balaban J connectivity index is 1.34. The first-order chi connectivity index (χ1) is 16.8. The number of benzene rings is 3. The number of anilines is 1. The third-order valence-corrected chi connectivity index (χ3v) is 6.85. The fraction of sp³-hybridized carbons (Fsp3) is 0.115. The Morgan fingerprint density at radius 1 is 1.03 bits per heavy atom. The number of hydrogen-bond acceptors (Lipinski definition) is 5. The lowest BCUT2D eigenvalue weighted by Gasteiger charge is -2.13. The minimum Gasteiger partial charge on any atom is -0.484 e. The number of nitrogens with zero attached hydrogens (tertiary/aromatic N) is 1. The predicted octanol–water partition coefficient (Wildman–Crippen LogP) is 6.56. The monoisotopic (exact) mass is 526 g/mol. The van der Waals surface area contributed by atoms with E-state index in [0.29, 0.717) is 32.0 Å². The lowest BCUT2D eigenvalue weighted by molar-refractivity contribution is -0.123. The van der Waals surface area contributed by atoms with E-state index >= 15 is 0 Å². The summed E-state index contributed by atoms with van der Waals surface area (Å²) >= 11 is 13.1. The van der Waals surface area contributed by atoms with Crippen molar-refractivity contribution in [2.45, 2.75) is 13.5 Å². The molecule has 0 aliphatic carbocycles. The van der Waals surface area contributed by atoms with Gasteiger partial charge in [0.1, 0.15) is 5.75 Å². The molecule has 1 aliphatic heterocycles. The second kappa shape index (κ2) is 11.0. The summed E-state index contributed by atoms with van der Waals surface area (Å²) in [4.78, 5) is 38.8. The SMILES string of the molecule is Cc1ccc(NC(=O)COc2ccc(/C=C3\SC(=O)N(Cc4ccccc4Cl)C3=O)cc2)cc1Cl. The first-order valence-corrected chi connectivity index (χ1v) is 12.1. The Labute approximate surface area is 216 Å². The smallest absolute Gasteiger partial charge is 0.293 e. The summed E-state index contributed by atoms with van der Waals surface area (Å²) in [5.41, 5.74) is 2.94. The molecule has 0 unspecified atom stereocenters. The Hall–Kier alpha value is -3.26. The van der Waals surface area contributed by atoms with Crippen LogP contribution in [0.4, 0.5) is 10.5 Å². The zero-order valence-electron chi connectivity index (χ0n) is 18.6. The Kier molecular flexibility index (Phi) is 7.80. The van der Waals surface area contributed by atoms with Crippen LogP contribution in [-0.2, 0) is 16.1 Å². The number of halogens is 2. The average Bonchev–Trinajstić information content (AvgIpc) is 3.09. The number of imide groups is 1. The van der Waals surface area contributed by atoms with Gasteiger partial charge in [-0.3, -0.25) is 19.3 Å². The van der Waals surface area contributed by atoms with Crippen molar-refractivity contribution in [3.63, 3.8) is 0 Å². The molecule has 3 aromatic rings. The van der Waals surface area contributed by atoms with E-state index in [0.717, 1.165) is 22.9 Å². The Morgan fingerprint density at radius 3 is 2.49 bits per heavy atom. The minimum atomic E-state index is -0.367. The molecule has 3 aromatic carbocycles. The number of aryl methyl sites for hydroxylation is 1. The van der Waals surface area contributed by atoms with Gasteiger partial charge in [-0.1, -0.05) is 59.6 Å². The summed E-state index contributed by atoms with van der Waals surface area (Å²) in [5.74, 6) is -0.194. The topological polar surface area (TPSA) is 75.7 Å². The van der Waals surface area contributed by atoms with Crippen molar-refractivity contribution in [2.75, 3.05) is 11.9 Å². The lowest BCUT2D eigenvalue weighted by atomic mass is 10.2. The highest BCUT2D eigenvalue weighted by molar-refractivity contribution is 8.18. The minimum absolute atomic E-state index is 0.116. The Morgan fingerprint density at radius 2 is 1.77 bits per heavy atom. The summed E-state index contributed by atoms with van der Waals surface area (Å²) in [7, 11) is 0. The van der Waals surface area contributed by atoms with Crippen LogP contribution in [0.3, 0.4) is 0 Å². The van der Waals surface area contributed by atoms with Gasteiger partial charge in [-0.25, -0.2) is 0 Å². The fourth-order valence-electron chi connectivity index (χ4n) is 3.26. The van der Waals surface area contributed by atoms with Crippen molar-refractivity contribution < 1.29 is 19.1 Å². The summed E-state index contributed by atoms with van der Waals surface area (Å²) in [6, 6.07) is 19.2. The first-order valence-electron chi connectivity index (χ1n) is 10.6. The largest absolute Gasteiger partial charge is 0.484 e. The highest BCUT2D eigenvalue weighted by atomic mass is 35.5. The van der Waals surface area contributed by atoms with Crippen LogP contribution in [0, 0.1) is 6.92 Å². The predicted molar refractivity (Wildman–Crippen MR) is 140 cm³/mol. The van der Waals surface area contributed by atoms with Crippen LogP contribution in [0.5, 0.6) is 5.75 Å². The molecule has 0 radical (unpaired) electrons. The van der Waals surface area contributed by atoms with Gasteiger partial charge in [-0.05, 0) is 71.8 Å². The van der Waals surface area contributed by atoms with Crippen molar-refractivity contribution >= 4 is 63.8 Å². The quantitative estimate of drug-likeness (QED) is 0.353. The molecule has 6 nitrogen and oxygen atoms in total. The molecule has 3 amide bonds. The molecular formula is C26H20Cl2N2O4S. The second-order valence-corrected chi connectivity index (χ2v) is 9.54. The molecule has 0 bridgehead atoms. The maximum Gasteiger partial charge on any atom is 0.293 e. The molecule has 0 atom stereocenters. The summed E-state index contributed by atoms with van der Waals surface area (Å²) in [6.07, 6.45) is 1.65. The second-order valence-electron chi connectivity index (χ2n) is 7.73. The number of carbonyl (C=O) groups excluding carboxylic acids is 3. The van der Waals surface area contributed by atoms with E-state index in [-0.39, 0.29) is 30.2 Å². The van der Waals surface area contributed by atoms with Gasteiger partial charge in [-0.2, -0.15) is 0 Å². The summed E-state index contributed by atoms with van der Waals surface area (Å²) in [5, 5.41) is 3.46. The molecule has 9 heteroatoms. The van der Waals surface area contributed by atoms with Gasteiger partial charge in [0.2, 0.25) is 0 Å². The third-order valence-electron chi connectivity index (χ3n) is 5.16. The lowest BCUT2D eigenvalue weighted by Crippen LogP contribution is -2.27. The van der Waals surface area contributed by atoms with Crippen LogP contribution >= 0.6 is 35.0 Å². The average molecular weight is 527 g/mol. The third kappa shape index (κ3) is 6.25. The van der Waals surface area contributed by atoms with Gasteiger partial charge in [0.05, 0.1) is 11.4 Å². The molecular weight excluding hydrogens is 507 g/mol. The first kappa shape index (κ1) is 24.9. The molecule has 1 fully saturated rings. The number of rotatable bonds is 7. The zero-order valence-corrected chi connectivity index (χ0v) is 20.9. The van der Waals surface area contributed by atoms with Crippen LogP contribution in [0.25, 0.3) is 6.08 Å². The number of thioether (sulfide) groups is 1. The maximum atomic E-state index is 12.8. The van der Waals surface area contributed by atoms with E-state index in [4.69, 9.17) is 27.9 Å². The van der Waals surface area contributed by atoms with Gasteiger partial charge < -0.3 is 10.1 Å². The highest BCUT2D eigenvalue weighted by Gasteiger charge is 2.35. The van der Waals surface area contributed by atoms with E-state index in [1.807, 2.05) is 19.1 Å². The van der Waals surface area contributed by atoms with Crippen LogP contribution < -0.4 is 10.1 Å². The van der Waals surface area contributed by atoms with Crippen molar-refractivity contribution in [1.82, 2.24) is 4.90 Å². The molecule has 35 heavy (non-hydrogen) atoms. The van der Waals surface area contributed by atoms with Gasteiger partial charge in [0.25, 0.3) is 17.1 Å². The van der Waals surface area contributed by atoms with Gasteiger partial charge >= 0.3 is 0 Å².